The molecule has 0 saturated carbocycles. The summed E-state index contributed by atoms with van der Waals surface area (Å²) in [6, 6.07) is 15.3. The fourth-order valence-corrected chi connectivity index (χ4v) is 2.24. The van der Waals surface area contributed by atoms with Crippen molar-refractivity contribution in [3.05, 3.63) is 64.7 Å². The van der Waals surface area contributed by atoms with Crippen LogP contribution in [0.5, 0.6) is 5.75 Å². The average Bonchev–Trinajstić information content (AvgIpc) is 2.55. The molecule has 0 aromatic heterocycles. The number of halogens is 1. The Morgan fingerprint density at radius 2 is 1.96 bits per heavy atom. The van der Waals surface area contributed by atoms with E-state index in [4.69, 9.17) is 28.6 Å². The Labute approximate surface area is 146 Å². The smallest absolute Gasteiger partial charge is 0.186 e. The monoisotopic (exact) mass is 347 g/mol. The van der Waals surface area contributed by atoms with Crippen LogP contribution in [0.2, 0.25) is 5.02 Å². The largest absolute Gasteiger partial charge is 0.488 e. The lowest BCUT2D eigenvalue weighted by Gasteiger charge is -2.10. The van der Waals surface area contributed by atoms with E-state index in [-0.39, 0.29) is 0 Å². The molecular weight excluding hydrogens is 330 g/mol. The maximum atomic E-state index is 6.14. The Morgan fingerprint density at radius 1 is 1.22 bits per heavy atom. The molecule has 0 aliphatic carbocycles. The van der Waals surface area contributed by atoms with Gasteiger partial charge >= 0.3 is 0 Å². The van der Waals surface area contributed by atoms with Crippen molar-refractivity contribution in [2.24, 2.45) is 5.10 Å². The van der Waals surface area contributed by atoms with Crippen molar-refractivity contribution in [2.75, 3.05) is 6.54 Å². The van der Waals surface area contributed by atoms with Gasteiger partial charge in [-0.25, -0.2) is 0 Å². The van der Waals surface area contributed by atoms with Gasteiger partial charge in [-0.1, -0.05) is 41.9 Å². The van der Waals surface area contributed by atoms with Crippen LogP contribution in [0.3, 0.4) is 0 Å². The van der Waals surface area contributed by atoms with Crippen LogP contribution in [0.1, 0.15) is 18.1 Å². The minimum Gasteiger partial charge on any atom is -0.488 e. The summed E-state index contributed by atoms with van der Waals surface area (Å²) >= 11 is 11.2. The molecule has 0 saturated heterocycles. The van der Waals surface area contributed by atoms with Crippen LogP contribution in [0, 0.1) is 0 Å². The van der Waals surface area contributed by atoms with Crippen molar-refractivity contribution in [1.82, 2.24) is 10.7 Å². The summed E-state index contributed by atoms with van der Waals surface area (Å²) in [4.78, 5) is 0. The van der Waals surface area contributed by atoms with E-state index in [9.17, 15) is 0 Å². The predicted octanol–water partition coefficient (Wildman–Crippen LogP) is 3.74. The SMILES string of the molecule is CCNC(=S)N/N=C/c1ccccc1OCc1ccccc1Cl. The Hall–Kier alpha value is -2.11. The maximum absolute atomic E-state index is 6.14. The zero-order valence-electron chi connectivity index (χ0n) is 12.8. The van der Waals surface area contributed by atoms with E-state index in [0.29, 0.717) is 16.7 Å². The fraction of sp³-hybridized carbons (Fsp3) is 0.176. The Balaban J connectivity index is 2.01. The molecule has 0 heterocycles. The van der Waals surface area contributed by atoms with E-state index in [2.05, 4.69) is 15.8 Å². The molecule has 0 fully saturated rings. The van der Waals surface area contributed by atoms with Gasteiger partial charge in [-0.15, -0.1) is 0 Å². The third kappa shape index (κ3) is 5.54. The fourth-order valence-electron chi connectivity index (χ4n) is 1.85. The van der Waals surface area contributed by atoms with Gasteiger partial charge in [0.2, 0.25) is 0 Å². The van der Waals surface area contributed by atoms with Crippen molar-refractivity contribution in [3.63, 3.8) is 0 Å². The summed E-state index contributed by atoms with van der Waals surface area (Å²) < 4.78 is 5.86. The third-order valence-electron chi connectivity index (χ3n) is 2.97. The van der Waals surface area contributed by atoms with Crippen molar-refractivity contribution in [2.45, 2.75) is 13.5 Å². The summed E-state index contributed by atoms with van der Waals surface area (Å²) in [7, 11) is 0. The summed E-state index contributed by atoms with van der Waals surface area (Å²) in [5, 5.41) is 8.24. The van der Waals surface area contributed by atoms with E-state index < -0.39 is 0 Å². The topological polar surface area (TPSA) is 45.7 Å². The van der Waals surface area contributed by atoms with Gasteiger partial charge in [0.05, 0.1) is 6.21 Å². The molecule has 2 aromatic rings. The van der Waals surface area contributed by atoms with E-state index >= 15 is 0 Å². The molecular formula is C17H18ClN3OS. The normalized spacial score (nSPS) is 10.5. The number of hydrogen-bond donors (Lipinski definition) is 2. The number of para-hydroxylation sites is 1. The summed E-state index contributed by atoms with van der Waals surface area (Å²) in [6.07, 6.45) is 1.67. The van der Waals surface area contributed by atoms with Gasteiger partial charge in [-0.2, -0.15) is 5.10 Å². The molecule has 0 radical (unpaired) electrons. The zero-order chi connectivity index (χ0) is 16.5. The highest BCUT2D eigenvalue weighted by Gasteiger charge is 2.03. The van der Waals surface area contributed by atoms with Gasteiger partial charge in [0, 0.05) is 22.7 Å². The molecule has 6 heteroatoms. The Bertz CT molecular complexity index is 691. The molecule has 2 aromatic carbocycles. The van der Waals surface area contributed by atoms with Crippen molar-refractivity contribution in [1.29, 1.82) is 0 Å². The number of hydrogen-bond acceptors (Lipinski definition) is 3. The number of thiocarbonyl (C=S) groups is 1. The summed E-state index contributed by atoms with van der Waals surface area (Å²) in [6.45, 7) is 3.11. The lowest BCUT2D eigenvalue weighted by molar-refractivity contribution is 0.306. The van der Waals surface area contributed by atoms with Gasteiger partial charge in [0.1, 0.15) is 12.4 Å². The molecule has 120 valence electrons. The first kappa shape index (κ1) is 17.2. The quantitative estimate of drug-likeness (QED) is 0.475. The molecule has 0 unspecified atom stereocenters. The van der Waals surface area contributed by atoms with Crippen LogP contribution < -0.4 is 15.5 Å². The van der Waals surface area contributed by atoms with Crippen LogP contribution in [-0.2, 0) is 6.61 Å². The van der Waals surface area contributed by atoms with E-state index in [1.165, 1.54) is 0 Å². The molecule has 2 rings (SSSR count). The zero-order valence-corrected chi connectivity index (χ0v) is 14.3. The first-order valence-electron chi connectivity index (χ1n) is 7.23. The van der Waals surface area contributed by atoms with E-state index in [1.54, 1.807) is 6.21 Å². The van der Waals surface area contributed by atoms with Crippen LogP contribution in [-0.4, -0.2) is 17.9 Å². The van der Waals surface area contributed by atoms with Crippen molar-refractivity contribution < 1.29 is 4.74 Å². The van der Waals surface area contributed by atoms with Gasteiger partial charge in [0.25, 0.3) is 0 Å². The Kier molecular flexibility index (Phi) is 6.84. The van der Waals surface area contributed by atoms with Crippen LogP contribution in [0.15, 0.2) is 53.6 Å². The maximum Gasteiger partial charge on any atom is 0.186 e. The minimum atomic E-state index is 0.397. The molecule has 0 aliphatic rings. The first-order valence-corrected chi connectivity index (χ1v) is 8.01. The van der Waals surface area contributed by atoms with Crippen LogP contribution in [0.25, 0.3) is 0 Å². The second-order valence-corrected chi connectivity index (χ2v) is 5.46. The lowest BCUT2D eigenvalue weighted by Crippen LogP contribution is -2.31. The summed E-state index contributed by atoms with van der Waals surface area (Å²) in [5.41, 5.74) is 4.55. The van der Waals surface area contributed by atoms with Gasteiger partial charge in [-0.3, -0.25) is 5.43 Å². The van der Waals surface area contributed by atoms with Gasteiger partial charge < -0.3 is 10.1 Å². The first-order chi connectivity index (χ1) is 11.2. The van der Waals surface area contributed by atoms with Gasteiger partial charge in [0.15, 0.2) is 5.11 Å². The highest BCUT2D eigenvalue weighted by Crippen LogP contribution is 2.20. The second kappa shape index (κ2) is 9.12. The highest BCUT2D eigenvalue weighted by molar-refractivity contribution is 7.80. The lowest BCUT2D eigenvalue weighted by atomic mass is 10.2. The summed E-state index contributed by atoms with van der Waals surface area (Å²) in [5.74, 6) is 0.729. The third-order valence-corrected chi connectivity index (χ3v) is 3.57. The standard InChI is InChI=1S/C17H18ClN3OS/c1-2-19-17(23)21-20-11-13-7-4-6-10-16(13)22-12-14-8-3-5-9-15(14)18/h3-11H,2,12H2,1H3,(H2,19,21,23)/b20-11+. The number of nitrogens with zero attached hydrogens (tertiary/aromatic N) is 1. The number of hydrazone groups is 1. The molecule has 0 bridgehead atoms. The van der Waals surface area contributed by atoms with Crippen molar-refractivity contribution >= 4 is 35.1 Å². The highest BCUT2D eigenvalue weighted by atomic mass is 35.5. The predicted molar refractivity (Wildman–Crippen MR) is 99.2 cm³/mol. The molecule has 4 nitrogen and oxygen atoms in total. The molecule has 0 atom stereocenters. The van der Waals surface area contributed by atoms with Crippen molar-refractivity contribution in [3.8, 4) is 5.75 Å². The average molecular weight is 348 g/mol. The molecule has 23 heavy (non-hydrogen) atoms. The van der Waals surface area contributed by atoms with Crippen LogP contribution >= 0.6 is 23.8 Å². The Morgan fingerprint density at radius 3 is 2.74 bits per heavy atom. The molecule has 0 spiro atoms. The van der Waals surface area contributed by atoms with E-state index in [1.807, 2.05) is 55.5 Å². The number of benzene rings is 2. The molecule has 0 aliphatic heterocycles. The number of nitrogens with one attached hydrogen (secondary N) is 2. The van der Waals surface area contributed by atoms with Gasteiger partial charge in [-0.05, 0) is 37.3 Å². The number of ether oxygens (including phenoxy) is 1. The molecule has 0 amide bonds. The number of rotatable bonds is 6. The van der Waals surface area contributed by atoms with E-state index in [0.717, 1.165) is 23.4 Å². The minimum absolute atomic E-state index is 0.397. The van der Waals surface area contributed by atoms with Crippen LogP contribution in [0.4, 0.5) is 0 Å². The molecule has 2 N–H and O–H groups in total. The second-order valence-electron chi connectivity index (χ2n) is 4.65.